The maximum Gasteiger partial charge on any atom is 0.284 e. The molecule has 1 fully saturated rings. The molecule has 2 aromatic rings. The summed E-state index contributed by atoms with van der Waals surface area (Å²) in [6, 6.07) is 9.47. The minimum atomic E-state index is -3.96. The first-order chi connectivity index (χ1) is 12.4. The van der Waals surface area contributed by atoms with Crippen LogP contribution < -0.4 is 0 Å². The molecule has 1 saturated heterocycles. The third-order valence-corrected chi connectivity index (χ3v) is 6.80. The number of rotatable bonds is 5. The Bertz CT molecular complexity index is 994. The molecular weight excluding hydrogens is 412 g/mol. The zero-order chi connectivity index (χ0) is 18.7. The highest BCUT2D eigenvalue weighted by Crippen LogP contribution is 2.34. The van der Waals surface area contributed by atoms with Gasteiger partial charge in [0.25, 0.3) is 15.9 Å². The molecule has 1 amide bonds. The summed E-state index contributed by atoms with van der Waals surface area (Å²) in [7, 11) is -3.96. The second-order valence-corrected chi connectivity index (χ2v) is 9.16. The number of thiophene rings is 1. The average Bonchev–Trinajstić information content (AvgIpc) is 3.20. The highest BCUT2D eigenvalue weighted by Gasteiger charge is 2.34. The summed E-state index contributed by atoms with van der Waals surface area (Å²) in [5.41, 5.74) is 0. The van der Waals surface area contributed by atoms with Gasteiger partial charge in [-0.05, 0) is 53.5 Å². The molecule has 1 aromatic heterocycles. The monoisotopic (exact) mass is 424 g/mol. The molecule has 1 aliphatic heterocycles. The van der Waals surface area contributed by atoms with E-state index < -0.39 is 10.0 Å². The van der Waals surface area contributed by atoms with Crippen LogP contribution in [0.25, 0.3) is 6.08 Å². The lowest BCUT2D eigenvalue weighted by Gasteiger charge is -2.12. The number of hydrogen-bond acceptors (Lipinski definition) is 5. The van der Waals surface area contributed by atoms with Crippen LogP contribution in [0.1, 0.15) is 4.88 Å². The van der Waals surface area contributed by atoms with Crippen LogP contribution >= 0.6 is 34.7 Å². The number of thioether (sulfide) groups is 1. The van der Waals surface area contributed by atoms with E-state index in [0.29, 0.717) is 9.93 Å². The van der Waals surface area contributed by atoms with Gasteiger partial charge >= 0.3 is 0 Å². The van der Waals surface area contributed by atoms with Gasteiger partial charge in [0.1, 0.15) is 0 Å². The van der Waals surface area contributed by atoms with E-state index in [-0.39, 0.29) is 22.5 Å². The summed E-state index contributed by atoms with van der Waals surface area (Å²) < 4.78 is 29.0. The van der Waals surface area contributed by atoms with E-state index >= 15 is 0 Å². The number of amides is 1. The number of carbonyl (C=O) groups excluding carboxylic acids is 1. The molecule has 1 aromatic carbocycles. The molecule has 0 radical (unpaired) electrons. The van der Waals surface area contributed by atoms with E-state index in [9.17, 15) is 13.2 Å². The van der Waals surface area contributed by atoms with E-state index in [1.807, 2.05) is 17.5 Å². The Labute approximate surface area is 164 Å². The summed E-state index contributed by atoms with van der Waals surface area (Å²) in [5, 5.41) is 2.43. The standard InChI is InChI=1S/C17H13ClN2O3S3/c1-2-9-20-16(21)15(11-13-4-3-10-24-13)25-17(20)19-26(22,23)14-7-5-12(18)6-8-14/h2-8,10-11H,1,9H2/b15-11-,19-17+. The van der Waals surface area contributed by atoms with E-state index in [0.717, 1.165) is 16.6 Å². The fourth-order valence-corrected chi connectivity index (χ4v) is 5.17. The van der Waals surface area contributed by atoms with Gasteiger partial charge in [0, 0.05) is 16.4 Å². The first-order valence-electron chi connectivity index (χ1n) is 7.37. The Morgan fingerprint density at radius 1 is 1.23 bits per heavy atom. The molecule has 5 nitrogen and oxygen atoms in total. The Kier molecular flexibility index (Phi) is 5.67. The lowest BCUT2D eigenvalue weighted by atomic mass is 10.3. The molecule has 2 heterocycles. The summed E-state index contributed by atoms with van der Waals surface area (Å²) in [4.78, 5) is 15.2. The predicted molar refractivity (Wildman–Crippen MR) is 108 cm³/mol. The molecule has 0 aliphatic carbocycles. The number of carbonyl (C=O) groups is 1. The Balaban J connectivity index is 1.98. The van der Waals surface area contributed by atoms with Crippen molar-refractivity contribution in [3.63, 3.8) is 0 Å². The molecule has 0 spiro atoms. The van der Waals surface area contributed by atoms with Crippen molar-refractivity contribution in [2.24, 2.45) is 4.40 Å². The highest BCUT2D eigenvalue weighted by atomic mass is 35.5. The van der Waals surface area contributed by atoms with Crippen molar-refractivity contribution in [3.8, 4) is 0 Å². The Hall–Kier alpha value is -1.87. The zero-order valence-electron chi connectivity index (χ0n) is 13.3. The minimum Gasteiger partial charge on any atom is -0.282 e. The predicted octanol–water partition coefficient (Wildman–Crippen LogP) is 4.25. The van der Waals surface area contributed by atoms with Crippen molar-refractivity contribution in [1.29, 1.82) is 0 Å². The molecule has 0 unspecified atom stereocenters. The van der Waals surface area contributed by atoms with Crippen LogP contribution in [0.3, 0.4) is 0 Å². The molecule has 3 rings (SSSR count). The largest absolute Gasteiger partial charge is 0.284 e. The third-order valence-electron chi connectivity index (χ3n) is 3.33. The van der Waals surface area contributed by atoms with Crippen LogP contribution in [0.5, 0.6) is 0 Å². The van der Waals surface area contributed by atoms with Gasteiger partial charge in [0.15, 0.2) is 5.17 Å². The van der Waals surface area contributed by atoms with E-state index in [1.165, 1.54) is 46.6 Å². The number of halogens is 1. The van der Waals surface area contributed by atoms with Crippen molar-refractivity contribution in [3.05, 3.63) is 69.2 Å². The maximum absolute atomic E-state index is 12.6. The fraction of sp³-hybridized carbons (Fsp3) is 0.0588. The average molecular weight is 425 g/mol. The van der Waals surface area contributed by atoms with Gasteiger partial charge in [0.05, 0.1) is 9.80 Å². The van der Waals surface area contributed by atoms with E-state index in [2.05, 4.69) is 11.0 Å². The van der Waals surface area contributed by atoms with Crippen molar-refractivity contribution in [2.45, 2.75) is 4.90 Å². The van der Waals surface area contributed by atoms with Crippen LogP contribution in [0.2, 0.25) is 5.02 Å². The van der Waals surface area contributed by atoms with Gasteiger partial charge in [-0.1, -0.05) is 23.7 Å². The second-order valence-electron chi connectivity index (χ2n) is 5.13. The SMILES string of the molecule is C=CCN1C(=O)/C(=C/c2cccs2)S/C1=N/S(=O)(=O)c1ccc(Cl)cc1. The molecule has 134 valence electrons. The highest BCUT2D eigenvalue weighted by molar-refractivity contribution is 8.19. The summed E-state index contributed by atoms with van der Waals surface area (Å²) >= 11 is 8.32. The molecule has 26 heavy (non-hydrogen) atoms. The zero-order valence-corrected chi connectivity index (χ0v) is 16.5. The van der Waals surface area contributed by atoms with Crippen LogP contribution in [-0.4, -0.2) is 30.9 Å². The second kappa shape index (κ2) is 7.79. The number of hydrogen-bond donors (Lipinski definition) is 0. The number of benzene rings is 1. The van der Waals surface area contributed by atoms with Gasteiger partial charge in [-0.2, -0.15) is 8.42 Å². The summed E-state index contributed by atoms with van der Waals surface area (Å²) in [6.45, 7) is 3.79. The van der Waals surface area contributed by atoms with E-state index in [1.54, 1.807) is 6.08 Å². The first-order valence-corrected chi connectivity index (χ1v) is 10.9. The van der Waals surface area contributed by atoms with Crippen molar-refractivity contribution in [1.82, 2.24) is 4.90 Å². The van der Waals surface area contributed by atoms with Crippen LogP contribution in [0.4, 0.5) is 0 Å². The van der Waals surface area contributed by atoms with Gasteiger partial charge in [-0.25, -0.2) is 0 Å². The maximum atomic E-state index is 12.6. The Morgan fingerprint density at radius 2 is 1.96 bits per heavy atom. The van der Waals surface area contributed by atoms with Crippen molar-refractivity contribution >= 4 is 61.9 Å². The molecule has 0 bridgehead atoms. The van der Waals surface area contributed by atoms with Crippen LogP contribution in [0, 0.1) is 0 Å². The topological polar surface area (TPSA) is 66.8 Å². The molecule has 0 saturated carbocycles. The normalized spacial score (nSPS) is 18.0. The first kappa shape index (κ1) is 18.9. The van der Waals surface area contributed by atoms with Crippen molar-refractivity contribution < 1.29 is 13.2 Å². The smallest absolute Gasteiger partial charge is 0.282 e. The van der Waals surface area contributed by atoms with Crippen LogP contribution in [0.15, 0.2) is 68.6 Å². The molecule has 0 N–H and O–H groups in total. The Morgan fingerprint density at radius 3 is 2.58 bits per heavy atom. The summed E-state index contributed by atoms with van der Waals surface area (Å²) in [6.07, 6.45) is 3.25. The van der Waals surface area contributed by atoms with Gasteiger partial charge < -0.3 is 0 Å². The summed E-state index contributed by atoms with van der Waals surface area (Å²) in [5.74, 6) is -0.298. The van der Waals surface area contributed by atoms with Gasteiger partial charge in [-0.3, -0.25) is 9.69 Å². The number of sulfonamides is 1. The van der Waals surface area contributed by atoms with E-state index in [4.69, 9.17) is 11.6 Å². The molecular formula is C17H13ClN2O3S3. The van der Waals surface area contributed by atoms with Gasteiger partial charge in [0.2, 0.25) is 0 Å². The lowest BCUT2D eigenvalue weighted by Crippen LogP contribution is -2.29. The van der Waals surface area contributed by atoms with Crippen molar-refractivity contribution in [2.75, 3.05) is 6.54 Å². The lowest BCUT2D eigenvalue weighted by molar-refractivity contribution is -0.121. The molecule has 9 heteroatoms. The molecule has 0 atom stereocenters. The molecule has 1 aliphatic rings. The fourth-order valence-electron chi connectivity index (χ4n) is 2.13. The third kappa shape index (κ3) is 4.09. The number of amidine groups is 1. The van der Waals surface area contributed by atoms with Gasteiger partial charge in [-0.15, -0.1) is 22.3 Å². The van der Waals surface area contributed by atoms with Crippen LogP contribution in [-0.2, 0) is 14.8 Å². The minimum absolute atomic E-state index is 0.0108. The quantitative estimate of drug-likeness (QED) is 0.531. The number of nitrogens with zero attached hydrogens (tertiary/aromatic N) is 2.